The minimum atomic E-state index is -0.414. The van der Waals surface area contributed by atoms with E-state index in [1.807, 2.05) is 5.01 Å². The van der Waals surface area contributed by atoms with Crippen molar-refractivity contribution in [2.75, 3.05) is 13.2 Å². The Bertz CT molecular complexity index is 506. The summed E-state index contributed by atoms with van der Waals surface area (Å²) in [5.41, 5.74) is 0.383. The lowest BCUT2D eigenvalue weighted by molar-refractivity contribution is -0.138. The van der Waals surface area contributed by atoms with Crippen LogP contribution in [0.3, 0.4) is 0 Å². The number of nitrogens with zero attached hydrogens (tertiary/aromatic N) is 2. The van der Waals surface area contributed by atoms with Crippen molar-refractivity contribution >= 4 is 12.2 Å². The van der Waals surface area contributed by atoms with E-state index in [0.717, 1.165) is 25.9 Å². The second kappa shape index (κ2) is 5.89. The molecule has 3 atom stereocenters. The predicted molar refractivity (Wildman–Crippen MR) is 76.6 cm³/mol. The molecule has 2 heterocycles. The number of rotatable bonds is 3. The Morgan fingerprint density at radius 2 is 2.43 bits per heavy atom. The first-order valence-electron chi connectivity index (χ1n) is 7.44. The van der Waals surface area contributed by atoms with Crippen LogP contribution in [0, 0.1) is 5.92 Å². The van der Waals surface area contributed by atoms with Gasteiger partial charge in [0.05, 0.1) is 12.2 Å². The van der Waals surface area contributed by atoms with Gasteiger partial charge in [0.1, 0.15) is 18.0 Å². The first-order valence-corrected chi connectivity index (χ1v) is 7.44. The molecule has 114 valence electrons. The van der Waals surface area contributed by atoms with Gasteiger partial charge in [-0.2, -0.15) is 5.10 Å². The van der Waals surface area contributed by atoms with Crippen molar-refractivity contribution in [3.63, 3.8) is 0 Å². The van der Waals surface area contributed by atoms with Gasteiger partial charge in [-0.25, -0.2) is 4.79 Å². The summed E-state index contributed by atoms with van der Waals surface area (Å²) in [6.45, 7) is 2.80. The smallest absolute Gasteiger partial charge is 0.337 e. The molecule has 3 unspecified atom stereocenters. The summed E-state index contributed by atoms with van der Waals surface area (Å²) in [5, 5.41) is 16.5. The van der Waals surface area contributed by atoms with E-state index in [2.05, 4.69) is 5.10 Å². The number of esters is 1. The van der Waals surface area contributed by atoms with Crippen LogP contribution in [-0.2, 0) is 14.3 Å². The molecular weight excluding hydrogens is 272 g/mol. The summed E-state index contributed by atoms with van der Waals surface area (Å²) >= 11 is 0. The fourth-order valence-corrected chi connectivity index (χ4v) is 2.98. The van der Waals surface area contributed by atoms with Crippen LogP contribution in [0.25, 0.3) is 0 Å². The van der Waals surface area contributed by atoms with Crippen molar-refractivity contribution in [2.24, 2.45) is 11.0 Å². The van der Waals surface area contributed by atoms with Crippen LogP contribution in [0.5, 0.6) is 0 Å². The Hall–Kier alpha value is -1.82. The van der Waals surface area contributed by atoms with Crippen molar-refractivity contribution in [1.82, 2.24) is 5.01 Å². The molecule has 0 spiro atoms. The third-order valence-electron chi connectivity index (χ3n) is 3.96. The first-order chi connectivity index (χ1) is 10.2. The van der Waals surface area contributed by atoms with E-state index >= 15 is 0 Å². The molecule has 3 aliphatic rings. The number of ether oxygens (including phenoxy) is 2. The van der Waals surface area contributed by atoms with Gasteiger partial charge in [0.15, 0.2) is 0 Å². The summed E-state index contributed by atoms with van der Waals surface area (Å²) in [5.74, 6) is -0.402. The number of aliphatic hydroxyl groups excluding tert-OH is 1. The molecule has 2 aliphatic heterocycles. The van der Waals surface area contributed by atoms with Gasteiger partial charge in [0.2, 0.25) is 0 Å². The van der Waals surface area contributed by atoms with E-state index in [0.29, 0.717) is 12.2 Å². The number of carbonyl (C=O) groups is 1. The lowest BCUT2D eigenvalue weighted by Crippen LogP contribution is -2.44. The maximum absolute atomic E-state index is 11.8. The number of hydrogen-bond donors (Lipinski definition) is 1. The quantitative estimate of drug-likeness (QED) is 0.802. The predicted octanol–water partition coefficient (Wildman–Crippen LogP) is 1.74. The minimum Gasteiger partial charge on any atom is -0.510 e. The van der Waals surface area contributed by atoms with Gasteiger partial charge < -0.3 is 14.6 Å². The summed E-state index contributed by atoms with van der Waals surface area (Å²) in [4.78, 5) is 11.8. The molecule has 0 saturated carbocycles. The Morgan fingerprint density at radius 3 is 3.14 bits per heavy atom. The number of carbonyl (C=O) groups excluding carboxylic acids is 1. The second-order valence-electron chi connectivity index (χ2n) is 5.40. The van der Waals surface area contributed by atoms with Gasteiger partial charge in [-0.3, -0.25) is 5.01 Å². The molecular formula is C15H20N2O4. The third kappa shape index (κ3) is 2.68. The van der Waals surface area contributed by atoms with Crippen molar-refractivity contribution in [2.45, 2.75) is 38.5 Å². The molecule has 0 aromatic carbocycles. The molecule has 1 fully saturated rings. The highest BCUT2D eigenvalue weighted by Crippen LogP contribution is 2.33. The summed E-state index contributed by atoms with van der Waals surface area (Å²) < 4.78 is 10.7. The zero-order valence-corrected chi connectivity index (χ0v) is 12.1. The molecule has 6 heteroatoms. The molecule has 1 saturated heterocycles. The summed E-state index contributed by atoms with van der Waals surface area (Å²) in [6.07, 6.45) is 8.00. The fraction of sp³-hybridized carbons (Fsp3) is 0.600. The Balaban J connectivity index is 1.76. The average molecular weight is 292 g/mol. The molecule has 0 radical (unpaired) electrons. The van der Waals surface area contributed by atoms with E-state index in [-0.39, 0.29) is 23.9 Å². The maximum Gasteiger partial charge on any atom is 0.337 e. The second-order valence-corrected chi connectivity index (χ2v) is 5.40. The van der Waals surface area contributed by atoms with Crippen LogP contribution in [0.1, 0.15) is 26.2 Å². The Labute approximate surface area is 123 Å². The molecule has 0 aromatic rings. The lowest BCUT2D eigenvalue weighted by atomic mass is 9.91. The third-order valence-corrected chi connectivity index (χ3v) is 3.96. The van der Waals surface area contributed by atoms with E-state index in [4.69, 9.17) is 9.47 Å². The standard InChI is InChI=1S/C15H20N2O4/c1-2-20-15(19)10-7-11-9-16-17(14(11)12(18)8-10)13-5-3-4-6-21-13/h7-9,11,13-14,18H,2-6H2,1H3. The van der Waals surface area contributed by atoms with Gasteiger partial charge in [0, 0.05) is 18.7 Å². The normalized spacial score (nSPS) is 31.5. The first kappa shape index (κ1) is 14.1. The monoisotopic (exact) mass is 292 g/mol. The van der Waals surface area contributed by atoms with Crippen LogP contribution < -0.4 is 0 Å². The summed E-state index contributed by atoms with van der Waals surface area (Å²) in [6, 6.07) is -0.272. The van der Waals surface area contributed by atoms with E-state index in [1.54, 1.807) is 19.2 Å². The van der Waals surface area contributed by atoms with Crippen LogP contribution in [-0.4, -0.2) is 47.8 Å². The Kier molecular flexibility index (Phi) is 3.96. The number of hydrazone groups is 1. The van der Waals surface area contributed by atoms with Crippen molar-refractivity contribution in [1.29, 1.82) is 0 Å². The largest absolute Gasteiger partial charge is 0.510 e. The van der Waals surface area contributed by atoms with Crippen LogP contribution in [0.2, 0.25) is 0 Å². The molecule has 1 aliphatic carbocycles. The van der Waals surface area contributed by atoms with Gasteiger partial charge in [0.25, 0.3) is 0 Å². The topological polar surface area (TPSA) is 71.4 Å². The van der Waals surface area contributed by atoms with E-state index in [1.165, 1.54) is 6.08 Å². The average Bonchev–Trinajstić information content (AvgIpc) is 2.93. The van der Waals surface area contributed by atoms with Gasteiger partial charge in [-0.1, -0.05) is 6.08 Å². The fourth-order valence-electron chi connectivity index (χ4n) is 2.98. The molecule has 0 aromatic heterocycles. The van der Waals surface area contributed by atoms with E-state index < -0.39 is 5.97 Å². The zero-order valence-electron chi connectivity index (χ0n) is 12.1. The minimum absolute atomic E-state index is 0.0990. The van der Waals surface area contributed by atoms with Gasteiger partial charge in [-0.05, 0) is 32.3 Å². The van der Waals surface area contributed by atoms with Crippen LogP contribution >= 0.6 is 0 Å². The maximum atomic E-state index is 11.8. The van der Waals surface area contributed by atoms with Crippen LogP contribution in [0.15, 0.2) is 28.6 Å². The van der Waals surface area contributed by atoms with Crippen molar-refractivity contribution < 1.29 is 19.4 Å². The highest BCUT2D eigenvalue weighted by atomic mass is 16.5. The molecule has 6 nitrogen and oxygen atoms in total. The van der Waals surface area contributed by atoms with Gasteiger partial charge >= 0.3 is 5.97 Å². The van der Waals surface area contributed by atoms with E-state index in [9.17, 15) is 9.90 Å². The molecule has 3 rings (SSSR count). The zero-order chi connectivity index (χ0) is 14.8. The lowest BCUT2D eigenvalue weighted by Gasteiger charge is -2.36. The van der Waals surface area contributed by atoms with Crippen molar-refractivity contribution in [3.8, 4) is 0 Å². The van der Waals surface area contributed by atoms with Gasteiger partial charge in [-0.15, -0.1) is 0 Å². The highest BCUT2D eigenvalue weighted by molar-refractivity contribution is 5.93. The molecule has 0 bridgehead atoms. The highest BCUT2D eigenvalue weighted by Gasteiger charge is 2.40. The molecule has 21 heavy (non-hydrogen) atoms. The number of hydrogen-bond acceptors (Lipinski definition) is 6. The SMILES string of the molecule is CCOC(=O)C1=CC2C=NN(C3CCCCO3)C2C(O)=C1. The Morgan fingerprint density at radius 1 is 1.57 bits per heavy atom. The van der Waals surface area contributed by atoms with Crippen molar-refractivity contribution in [3.05, 3.63) is 23.5 Å². The molecule has 0 amide bonds. The molecule has 1 N–H and O–H groups in total. The van der Waals surface area contributed by atoms with Crippen LogP contribution in [0.4, 0.5) is 0 Å². The number of fused-ring (bicyclic) bond motifs is 1. The summed E-state index contributed by atoms with van der Waals surface area (Å²) in [7, 11) is 0. The number of aliphatic hydroxyl groups is 1.